The lowest BCUT2D eigenvalue weighted by Gasteiger charge is -2.30. The average Bonchev–Trinajstić information content (AvgIpc) is 2.16. The molecule has 0 aliphatic carbocycles. The standard InChI is InChI=1S/C11H19NO/c1-3-5-7-12-8-6-11(13)10(4-2)9-12/h3,10H,1,4-9H2,2H3. The van der Waals surface area contributed by atoms with E-state index in [9.17, 15) is 4.79 Å². The smallest absolute Gasteiger partial charge is 0.138 e. The van der Waals surface area contributed by atoms with Crippen molar-refractivity contribution in [1.82, 2.24) is 4.90 Å². The molecule has 0 aromatic carbocycles. The van der Waals surface area contributed by atoms with Gasteiger partial charge in [0.15, 0.2) is 0 Å². The summed E-state index contributed by atoms with van der Waals surface area (Å²) in [5.74, 6) is 0.746. The fourth-order valence-corrected chi connectivity index (χ4v) is 1.81. The van der Waals surface area contributed by atoms with Gasteiger partial charge in [-0.15, -0.1) is 6.58 Å². The minimum Gasteiger partial charge on any atom is -0.302 e. The first-order valence-corrected chi connectivity index (χ1v) is 5.14. The van der Waals surface area contributed by atoms with Crippen LogP contribution in [0.15, 0.2) is 12.7 Å². The van der Waals surface area contributed by atoms with Crippen LogP contribution in [0.5, 0.6) is 0 Å². The number of hydrogen-bond acceptors (Lipinski definition) is 2. The normalized spacial score (nSPS) is 24.7. The minimum atomic E-state index is 0.290. The van der Waals surface area contributed by atoms with E-state index >= 15 is 0 Å². The molecule has 0 bridgehead atoms. The zero-order valence-electron chi connectivity index (χ0n) is 8.46. The van der Waals surface area contributed by atoms with Gasteiger partial charge in [-0.25, -0.2) is 0 Å². The second-order valence-electron chi connectivity index (χ2n) is 3.70. The first-order chi connectivity index (χ1) is 6.27. The van der Waals surface area contributed by atoms with Crippen molar-refractivity contribution in [3.63, 3.8) is 0 Å². The van der Waals surface area contributed by atoms with Gasteiger partial charge in [-0.05, 0) is 12.8 Å². The fourth-order valence-electron chi connectivity index (χ4n) is 1.81. The Kier molecular flexibility index (Phi) is 4.16. The van der Waals surface area contributed by atoms with E-state index in [0.717, 1.165) is 38.9 Å². The molecule has 74 valence electrons. The number of Topliss-reactive ketones (excluding diaryl/α,β-unsaturated/α-hetero) is 1. The largest absolute Gasteiger partial charge is 0.302 e. The van der Waals surface area contributed by atoms with E-state index in [4.69, 9.17) is 0 Å². The lowest BCUT2D eigenvalue weighted by molar-refractivity contribution is -0.126. The van der Waals surface area contributed by atoms with Crippen molar-refractivity contribution in [2.24, 2.45) is 5.92 Å². The van der Waals surface area contributed by atoms with Gasteiger partial charge >= 0.3 is 0 Å². The number of carbonyl (C=O) groups is 1. The molecule has 1 aliphatic rings. The van der Waals surface area contributed by atoms with E-state index < -0.39 is 0 Å². The second-order valence-corrected chi connectivity index (χ2v) is 3.70. The van der Waals surface area contributed by atoms with E-state index in [1.165, 1.54) is 0 Å². The molecule has 1 aliphatic heterocycles. The predicted molar refractivity (Wildman–Crippen MR) is 54.7 cm³/mol. The molecule has 1 fully saturated rings. The predicted octanol–water partition coefficient (Wildman–Crippen LogP) is 1.86. The van der Waals surface area contributed by atoms with Gasteiger partial charge in [-0.2, -0.15) is 0 Å². The summed E-state index contributed by atoms with van der Waals surface area (Å²) in [7, 11) is 0. The number of rotatable bonds is 4. The van der Waals surface area contributed by atoms with Gasteiger partial charge in [0.1, 0.15) is 5.78 Å². The molecule has 0 aromatic heterocycles. The van der Waals surface area contributed by atoms with Crippen molar-refractivity contribution in [2.75, 3.05) is 19.6 Å². The van der Waals surface area contributed by atoms with E-state index in [1.54, 1.807) is 0 Å². The Morgan fingerprint density at radius 1 is 1.69 bits per heavy atom. The van der Waals surface area contributed by atoms with Crippen LogP contribution >= 0.6 is 0 Å². The third-order valence-corrected chi connectivity index (χ3v) is 2.75. The van der Waals surface area contributed by atoms with E-state index in [1.807, 2.05) is 6.08 Å². The van der Waals surface area contributed by atoms with Gasteiger partial charge in [0.25, 0.3) is 0 Å². The van der Waals surface area contributed by atoms with Crippen LogP contribution in [-0.4, -0.2) is 30.3 Å². The summed E-state index contributed by atoms with van der Waals surface area (Å²) in [6.45, 7) is 8.77. The number of piperidine rings is 1. The maximum atomic E-state index is 11.4. The summed E-state index contributed by atoms with van der Waals surface area (Å²) < 4.78 is 0. The molecule has 0 aromatic rings. The van der Waals surface area contributed by atoms with E-state index in [2.05, 4.69) is 18.4 Å². The fraction of sp³-hybridized carbons (Fsp3) is 0.727. The molecule has 0 amide bonds. The molecule has 1 heterocycles. The number of likely N-dealkylation sites (tertiary alicyclic amines) is 1. The van der Waals surface area contributed by atoms with E-state index in [0.29, 0.717) is 11.7 Å². The average molecular weight is 181 g/mol. The highest BCUT2D eigenvalue weighted by Gasteiger charge is 2.24. The summed E-state index contributed by atoms with van der Waals surface area (Å²) in [4.78, 5) is 13.8. The molecule has 2 nitrogen and oxygen atoms in total. The molecule has 1 saturated heterocycles. The van der Waals surface area contributed by atoms with Crippen molar-refractivity contribution in [3.05, 3.63) is 12.7 Å². The zero-order valence-corrected chi connectivity index (χ0v) is 8.46. The van der Waals surface area contributed by atoms with E-state index in [-0.39, 0.29) is 0 Å². The van der Waals surface area contributed by atoms with Crippen LogP contribution in [0, 0.1) is 5.92 Å². The Morgan fingerprint density at radius 3 is 3.08 bits per heavy atom. The molecule has 1 rings (SSSR count). The Balaban J connectivity index is 2.35. The van der Waals surface area contributed by atoms with Crippen LogP contribution in [0.25, 0.3) is 0 Å². The van der Waals surface area contributed by atoms with Crippen LogP contribution in [0.1, 0.15) is 26.2 Å². The molecule has 2 heteroatoms. The van der Waals surface area contributed by atoms with Gasteiger partial charge in [0.05, 0.1) is 0 Å². The second kappa shape index (κ2) is 5.18. The van der Waals surface area contributed by atoms with Gasteiger partial charge < -0.3 is 4.90 Å². The molecule has 1 atom stereocenters. The highest BCUT2D eigenvalue weighted by molar-refractivity contribution is 5.82. The number of ketones is 1. The van der Waals surface area contributed by atoms with Crippen molar-refractivity contribution in [2.45, 2.75) is 26.2 Å². The number of nitrogens with zero attached hydrogens (tertiary/aromatic N) is 1. The van der Waals surface area contributed by atoms with Crippen molar-refractivity contribution in [1.29, 1.82) is 0 Å². The first kappa shape index (κ1) is 10.5. The van der Waals surface area contributed by atoms with Crippen LogP contribution in [0.4, 0.5) is 0 Å². The monoisotopic (exact) mass is 181 g/mol. The molecule has 0 radical (unpaired) electrons. The molecule has 1 unspecified atom stereocenters. The van der Waals surface area contributed by atoms with Crippen LogP contribution in [-0.2, 0) is 4.79 Å². The third kappa shape index (κ3) is 2.96. The minimum absolute atomic E-state index is 0.290. The SMILES string of the molecule is C=CCCN1CCC(=O)C(CC)C1. The zero-order chi connectivity index (χ0) is 9.68. The number of hydrogen-bond donors (Lipinski definition) is 0. The molecular formula is C11H19NO. The maximum absolute atomic E-state index is 11.4. The summed E-state index contributed by atoms with van der Waals surface area (Å²) in [5.41, 5.74) is 0. The van der Waals surface area contributed by atoms with Crippen molar-refractivity contribution >= 4 is 5.78 Å². The molecular weight excluding hydrogens is 162 g/mol. The highest BCUT2D eigenvalue weighted by atomic mass is 16.1. The Labute approximate surface area is 80.6 Å². The van der Waals surface area contributed by atoms with Crippen molar-refractivity contribution in [3.8, 4) is 0 Å². The lowest BCUT2D eigenvalue weighted by Crippen LogP contribution is -2.40. The Morgan fingerprint density at radius 2 is 2.46 bits per heavy atom. The molecule has 13 heavy (non-hydrogen) atoms. The summed E-state index contributed by atoms with van der Waals surface area (Å²) in [5, 5.41) is 0. The third-order valence-electron chi connectivity index (χ3n) is 2.75. The summed E-state index contributed by atoms with van der Waals surface area (Å²) in [6.07, 6.45) is 4.71. The van der Waals surface area contributed by atoms with Crippen LogP contribution in [0.2, 0.25) is 0 Å². The molecule has 0 N–H and O–H groups in total. The summed E-state index contributed by atoms with van der Waals surface area (Å²) >= 11 is 0. The molecule has 0 saturated carbocycles. The maximum Gasteiger partial charge on any atom is 0.138 e. The lowest BCUT2D eigenvalue weighted by atomic mass is 9.94. The van der Waals surface area contributed by atoms with Gasteiger partial charge in [-0.1, -0.05) is 13.0 Å². The Bertz CT molecular complexity index is 187. The van der Waals surface area contributed by atoms with Gasteiger partial charge in [-0.3, -0.25) is 4.79 Å². The number of carbonyl (C=O) groups excluding carboxylic acids is 1. The quantitative estimate of drug-likeness (QED) is 0.617. The topological polar surface area (TPSA) is 20.3 Å². The molecule has 0 spiro atoms. The van der Waals surface area contributed by atoms with Crippen LogP contribution in [0.3, 0.4) is 0 Å². The van der Waals surface area contributed by atoms with Crippen molar-refractivity contribution < 1.29 is 4.79 Å². The Hall–Kier alpha value is -0.630. The summed E-state index contributed by atoms with van der Waals surface area (Å²) in [6, 6.07) is 0. The van der Waals surface area contributed by atoms with Crippen LogP contribution < -0.4 is 0 Å². The first-order valence-electron chi connectivity index (χ1n) is 5.14. The highest BCUT2D eigenvalue weighted by Crippen LogP contribution is 2.15. The van der Waals surface area contributed by atoms with Gasteiger partial charge in [0, 0.05) is 32.0 Å². The van der Waals surface area contributed by atoms with Gasteiger partial charge in [0.2, 0.25) is 0 Å².